The van der Waals surface area contributed by atoms with Crippen molar-refractivity contribution in [2.75, 3.05) is 32.6 Å². The molecule has 0 bridgehead atoms. The zero-order chi connectivity index (χ0) is 19.5. The second-order valence-electron chi connectivity index (χ2n) is 5.91. The Morgan fingerprint density at radius 1 is 1.50 bits per heavy atom. The van der Waals surface area contributed by atoms with Crippen LogP contribution in [0.4, 0.5) is 18.0 Å². The molecule has 148 valence electrons. The molecule has 9 nitrogen and oxygen atoms in total. The van der Waals surface area contributed by atoms with Crippen LogP contribution in [0, 0.1) is 0 Å². The fourth-order valence-electron chi connectivity index (χ4n) is 2.49. The van der Waals surface area contributed by atoms with Gasteiger partial charge in [-0.2, -0.15) is 18.3 Å². The van der Waals surface area contributed by atoms with Gasteiger partial charge in [-0.05, 0) is 0 Å². The maximum Gasteiger partial charge on any atom is 0.413 e. The number of sulfonamides is 1. The Kier molecular flexibility index (Phi) is 6.13. The van der Waals surface area contributed by atoms with Crippen LogP contribution < -0.4 is 10.0 Å². The van der Waals surface area contributed by atoms with Crippen molar-refractivity contribution in [1.82, 2.24) is 24.7 Å². The van der Waals surface area contributed by atoms with Gasteiger partial charge in [0.15, 0.2) is 6.04 Å². The van der Waals surface area contributed by atoms with Gasteiger partial charge in [-0.15, -0.1) is 0 Å². The van der Waals surface area contributed by atoms with Crippen LogP contribution in [0.3, 0.4) is 0 Å². The fraction of sp³-hybridized carbons (Fsp3) is 0.692. The number of hydrogen-bond acceptors (Lipinski definition) is 5. The number of alkyl halides is 3. The molecule has 1 saturated heterocycles. The summed E-state index contributed by atoms with van der Waals surface area (Å²) in [6, 6.07) is -3.91. The summed E-state index contributed by atoms with van der Waals surface area (Å²) in [6.45, 7) is 0.0429. The second-order valence-corrected chi connectivity index (χ2v) is 7.75. The number of urea groups is 1. The van der Waals surface area contributed by atoms with Crippen LogP contribution in [-0.2, 0) is 21.8 Å². The highest BCUT2D eigenvalue weighted by atomic mass is 32.2. The minimum atomic E-state index is -4.72. The molecule has 2 N–H and O–H groups in total. The lowest BCUT2D eigenvalue weighted by Crippen LogP contribution is -2.57. The molecule has 2 amide bonds. The summed E-state index contributed by atoms with van der Waals surface area (Å²) in [6.07, 6.45) is -1.57. The van der Waals surface area contributed by atoms with Gasteiger partial charge in [0.1, 0.15) is 0 Å². The number of amides is 2. The van der Waals surface area contributed by atoms with Gasteiger partial charge in [0, 0.05) is 31.9 Å². The number of nitrogens with zero attached hydrogens (tertiary/aromatic N) is 3. The number of aromatic nitrogens is 2. The van der Waals surface area contributed by atoms with Crippen molar-refractivity contribution in [1.29, 1.82) is 0 Å². The summed E-state index contributed by atoms with van der Waals surface area (Å²) in [5, 5.41) is 5.66. The maximum absolute atomic E-state index is 13.4. The summed E-state index contributed by atoms with van der Waals surface area (Å²) >= 11 is 0. The number of carbonyl (C=O) groups is 1. The number of nitrogens with one attached hydrogen (secondary N) is 2. The number of carbonyl (C=O) groups excluding carboxylic acids is 1. The van der Waals surface area contributed by atoms with Crippen molar-refractivity contribution in [3.05, 3.63) is 18.0 Å². The Labute approximate surface area is 148 Å². The molecule has 13 heteroatoms. The number of rotatable bonds is 5. The molecule has 2 unspecified atom stereocenters. The van der Waals surface area contributed by atoms with Gasteiger partial charge in [-0.3, -0.25) is 4.68 Å². The van der Waals surface area contributed by atoms with Crippen LogP contribution in [0.1, 0.15) is 11.6 Å². The molecule has 1 aromatic rings. The van der Waals surface area contributed by atoms with Crippen LogP contribution in [0.25, 0.3) is 0 Å². The predicted octanol–water partition coefficient (Wildman–Crippen LogP) is -0.0169. The average molecular weight is 399 g/mol. The smallest absolute Gasteiger partial charge is 0.377 e. The zero-order valence-electron chi connectivity index (χ0n) is 14.2. The summed E-state index contributed by atoms with van der Waals surface area (Å²) in [5.41, 5.74) is -0.201. The monoisotopic (exact) mass is 399 g/mol. The van der Waals surface area contributed by atoms with E-state index in [1.165, 1.54) is 17.9 Å². The topological polar surface area (TPSA) is 106 Å². The highest BCUT2D eigenvalue weighted by Crippen LogP contribution is 2.32. The standard InChI is InChI=1S/C13H20F3N5O4S/c1-20-7-9(5-17-20)11(13(14,15)16)19-12(22)21-3-4-25-8-10(21)6-18-26(2,23)24/h5,7,10-11,18H,3-4,6,8H2,1-2H3,(H,19,22). The molecule has 2 rings (SSSR count). The molecular weight excluding hydrogens is 379 g/mol. The van der Waals surface area contributed by atoms with E-state index < -0.39 is 34.3 Å². The predicted molar refractivity (Wildman–Crippen MR) is 84.7 cm³/mol. The molecule has 1 fully saturated rings. The van der Waals surface area contributed by atoms with Gasteiger partial charge >= 0.3 is 12.2 Å². The van der Waals surface area contributed by atoms with Crippen molar-refractivity contribution >= 4 is 16.1 Å². The first kappa shape index (κ1) is 20.5. The Hall–Kier alpha value is -1.86. The Morgan fingerprint density at radius 3 is 2.73 bits per heavy atom. The van der Waals surface area contributed by atoms with Crippen LogP contribution in [0.15, 0.2) is 12.4 Å². The molecule has 1 aliphatic rings. The first-order chi connectivity index (χ1) is 12.0. The molecule has 0 radical (unpaired) electrons. The van der Waals surface area contributed by atoms with E-state index in [2.05, 4.69) is 9.82 Å². The number of morpholine rings is 1. The van der Waals surface area contributed by atoms with Crippen molar-refractivity contribution in [3.8, 4) is 0 Å². The highest BCUT2D eigenvalue weighted by Gasteiger charge is 2.44. The molecule has 0 aromatic carbocycles. The summed E-state index contributed by atoms with van der Waals surface area (Å²) in [5.74, 6) is 0. The normalized spacial score (nSPS) is 20.0. The van der Waals surface area contributed by atoms with Gasteiger partial charge in [-0.25, -0.2) is 17.9 Å². The molecule has 26 heavy (non-hydrogen) atoms. The van der Waals surface area contributed by atoms with Crippen molar-refractivity contribution in [2.45, 2.75) is 18.3 Å². The number of halogens is 3. The molecule has 0 saturated carbocycles. The van der Waals surface area contributed by atoms with Gasteiger partial charge < -0.3 is 15.0 Å². The van der Waals surface area contributed by atoms with Crippen molar-refractivity contribution < 1.29 is 31.1 Å². The van der Waals surface area contributed by atoms with Gasteiger partial charge in [-0.1, -0.05) is 0 Å². The van der Waals surface area contributed by atoms with Gasteiger partial charge in [0.2, 0.25) is 10.0 Å². The van der Waals surface area contributed by atoms with Crippen molar-refractivity contribution in [3.63, 3.8) is 0 Å². The molecule has 0 spiro atoms. The molecule has 1 aromatic heterocycles. The lowest BCUT2D eigenvalue weighted by Gasteiger charge is -2.36. The van der Waals surface area contributed by atoms with E-state index in [1.807, 2.05) is 5.32 Å². The lowest BCUT2D eigenvalue weighted by atomic mass is 10.1. The average Bonchev–Trinajstić information content (AvgIpc) is 2.95. The van der Waals surface area contributed by atoms with E-state index in [9.17, 15) is 26.4 Å². The van der Waals surface area contributed by atoms with Crippen LogP contribution in [0.5, 0.6) is 0 Å². The first-order valence-electron chi connectivity index (χ1n) is 7.62. The van der Waals surface area contributed by atoms with Crippen LogP contribution in [0.2, 0.25) is 0 Å². The van der Waals surface area contributed by atoms with E-state index >= 15 is 0 Å². The van der Waals surface area contributed by atoms with Gasteiger partial charge in [0.05, 0.1) is 31.7 Å². The van der Waals surface area contributed by atoms with E-state index in [1.54, 1.807) is 0 Å². The van der Waals surface area contributed by atoms with Crippen LogP contribution >= 0.6 is 0 Å². The maximum atomic E-state index is 13.4. The highest BCUT2D eigenvalue weighted by molar-refractivity contribution is 7.88. The SMILES string of the molecule is Cn1cc(C(NC(=O)N2CCOCC2CNS(C)(=O)=O)C(F)(F)F)cn1. The van der Waals surface area contributed by atoms with E-state index in [4.69, 9.17) is 4.74 Å². The molecule has 2 heterocycles. The molecule has 1 aliphatic heterocycles. The Balaban J connectivity index is 2.13. The summed E-state index contributed by atoms with van der Waals surface area (Å²) < 4.78 is 71.1. The van der Waals surface area contributed by atoms with E-state index in [-0.39, 0.29) is 31.9 Å². The first-order valence-corrected chi connectivity index (χ1v) is 9.51. The number of ether oxygens (including phenoxy) is 1. The Morgan fingerprint density at radius 2 is 2.19 bits per heavy atom. The van der Waals surface area contributed by atoms with Gasteiger partial charge in [0.25, 0.3) is 0 Å². The number of hydrogen-bond donors (Lipinski definition) is 2. The zero-order valence-corrected chi connectivity index (χ0v) is 15.0. The summed E-state index contributed by atoms with van der Waals surface area (Å²) in [4.78, 5) is 13.6. The molecular formula is C13H20F3N5O4S. The third kappa shape index (κ3) is 5.57. The number of aryl methyl sites for hydroxylation is 1. The Bertz CT molecular complexity index is 736. The van der Waals surface area contributed by atoms with E-state index in [0.717, 1.165) is 17.4 Å². The quantitative estimate of drug-likeness (QED) is 0.724. The second kappa shape index (κ2) is 7.80. The minimum Gasteiger partial charge on any atom is -0.377 e. The third-order valence-electron chi connectivity index (χ3n) is 3.72. The molecule has 0 aliphatic carbocycles. The largest absolute Gasteiger partial charge is 0.413 e. The van der Waals surface area contributed by atoms with Crippen molar-refractivity contribution in [2.24, 2.45) is 7.05 Å². The third-order valence-corrected chi connectivity index (χ3v) is 4.41. The summed E-state index contributed by atoms with van der Waals surface area (Å²) in [7, 11) is -2.05. The van der Waals surface area contributed by atoms with E-state index in [0.29, 0.717) is 0 Å². The van der Waals surface area contributed by atoms with Crippen LogP contribution in [-0.4, -0.2) is 73.9 Å². The lowest BCUT2D eigenvalue weighted by molar-refractivity contribution is -0.155. The molecule has 2 atom stereocenters. The fourth-order valence-corrected chi connectivity index (χ4v) is 2.98. The minimum absolute atomic E-state index is 0.0134.